The molecule has 11 nitrogen and oxygen atoms in total. The number of primary amides is 1. The predicted molar refractivity (Wildman–Crippen MR) is 121 cm³/mol. The van der Waals surface area contributed by atoms with Crippen molar-refractivity contribution < 1.29 is 36.2 Å². The second kappa shape index (κ2) is 10.1. The number of benzene rings is 1. The third kappa shape index (κ3) is 5.78. The van der Waals surface area contributed by atoms with Gasteiger partial charge in [-0.25, -0.2) is 19.1 Å². The van der Waals surface area contributed by atoms with E-state index in [1.807, 2.05) is 0 Å². The third-order valence-electron chi connectivity index (χ3n) is 5.25. The molecule has 1 atom stereocenters. The van der Waals surface area contributed by atoms with E-state index in [1.165, 1.54) is 24.3 Å². The number of amides is 1. The quantitative estimate of drug-likeness (QED) is 0.321. The van der Waals surface area contributed by atoms with Gasteiger partial charge >= 0.3 is 18.0 Å². The van der Waals surface area contributed by atoms with Crippen LogP contribution in [0.2, 0.25) is 5.02 Å². The molecule has 4 rings (SSSR count). The molecule has 3 N–H and O–H groups in total. The smallest absolute Gasteiger partial charge is 0.382 e. The topological polar surface area (TPSA) is 147 Å². The fourth-order valence-corrected chi connectivity index (χ4v) is 3.60. The lowest BCUT2D eigenvalue weighted by molar-refractivity contribution is -0.207. The van der Waals surface area contributed by atoms with Gasteiger partial charge in [0.05, 0.1) is 24.0 Å². The van der Waals surface area contributed by atoms with E-state index in [4.69, 9.17) is 17.3 Å². The summed E-state index contributed by atoms with van der Waals surface area (Å²) in [5, 5.41) is 17.7. The van der Waals surface area contributed by atoms with Crippen LogP contribution in [0.15, 0.2) is 47.5 Å². The molecule has 3 aromatic heterocycles. The van der Waals surface area contributed by atoms with Crippen molar-refractivity contribution in [2.75, 3.05) is 0 Å². The number of aliphatic hydroxyl groups is 1. The molecule has 0 saturated carbocycles. The highest BCUT2D eigenvalue weighted by Gasteiger charge is 2.39. The van der Waals surface area contributed by atoms with Gasteiger partial charge in [0, 0.05) is 16.8 Å². The van der Waals surface area contributed by atoms with E-state index in [2.05, 4.69) is 20.2 Å². The van der Waals surface area contributed by atoms with Gasteiger partial charge < -0.3 is 10.8 Å². The largest absolute Gasteiger partial charge is 0.418 e. The molecule has 1 unspecified atom stereocenters. The van der Waals surface area contributed by atoms with Gasteiger partial charge in [-0.15, -0.1) is 10.2 Å². The molecule has 3 heterocycles. The maximum absolute atomic E-state index is 13.5. The molecular weight excluding hydrogens is 562 g/mol. The van der Waals surface area contributed by atoms with Crippen molar-refractivity contribution in [2.45, 2.75) is 31.5 Å². The second-order valence-electron chi connectivity index (χ2n) is 7.96. The maximum Gasteiger partial charge on any atom is 0.418 e. The molecule has 1 aromatic carbocycles. The van der Waals surface area contributed by atoms with Gasteiger partial charge in [0.15, 0.2) is 17.8 Å². The maximum atomic E-state index is 13.5. The average molecular weight is 577 g/mol. The number of aliphatic hydroxyl groups excluding tert-OH is 1. The number of carbonyl (C=O) groups excluding carboxylic acids is 1. The molecule has 0 saturated heterocycles. The molecule has 0 aliphatic rings. The van der Waals surface area contributed by atoms with Crippen molar-refractivity contribution in [1.82, 2.24) is 34.1 Å². The molecule has 0 bridgehead atoms. The molecule has 206 valence electrons. The van der Waals surface area contributed by atoms with E-state index in [9.17, 15) is 41.0 Å². The zero-order valence-corrected chi connectivity index (χ0v) is 19.9. The van der Waals surface area contributed by atoms with Crippen LogP contribution in [0.4, 0.5) is 26.3 Å². The van der Waals surface area contributed by atoms with Crippen LogP contribution in [-0.2, 0) is 19.3 Å². The van der Waals surface area contributed by atoms with E-state index >= 15 is 0 Å². The molecule has 18 heteroatoms. The summed E-state index contributed by atoms with van der Waals surface area (Å²) in [4.78, 5) is 32.4. The fourth-order valence-electron chi connectivity index (χ4n) is 3.48. The van der Waals surface area contributed by atoms with Crippen LogP contribution in [-0.4, -0.2) is 57.4 Å². The van der Waals surface area contributed by atoms with E-state index < -0.39 is 66.0 Å². The van der Waals surface area contributed by atoms with Crippen LogP contribution >= 0.6 is 11.6 Å². The highest BCUT2D eigenvalue weighted by molar-refractivity contribution is 6.30. The minimum Gasteiger partial charge on any atom is -0.382 e. The van der Waals surface area contributed by atoms with Crippen LogP contribution < -0.4 is 11.4 Å². The van der Waals surface area contributed by atoms with Crippen molar-refractivity contribution in [3.63, 3.8) is 0 Å². The molecule has 0 radical (unpaired) electrons. The minimum absolute atomic E-state index is 0.158. The first-order chi connectivity index (χ1) is 18.2. The van der Waals surface area contributed by atoms with E-state index in [-0.39, 0.29) is 16.4 Å². The third-order valence-corrected chi connectivity index (χ3v) is 5.51. The highest BCUT2D eigenvalue weighted by atomic mass is 35.5. The number of carbonyl (C=O) groups is 1. The number of pyridine rings is 1. The minimum atomic E-state index is -5.06. The van der Waals surface area contributed by atoms with E-state index in [1.54, 1.807) is 0 Å². The Bertz CT molecular complexity index is 1580. The SMILES string of the molecule is NC(=O)c1nc(Cn2nc(-c3ccc(Cl)cc3)n(CC(O)C(F)(F)F)c2=O)nn1-c1cnccc1C(F)(F)F. The molecule has 0 aliphatic carbocycles. The lowest BCUT2D eigenvalue weighted by Crippen LogP contribution is -2.37. The molecule has 4 aromatic rings. The number of hydrogen-bond acceptors (Lipinski definition) is 7. The van der Waals surface area contributed by atoms with Gasteiger partial charge in [0.2, 0.25) is 5.82 Å². The number of nitrogens with two attached hydrogens (primary N) is 1. The van der Waals surface area contributed by atoms with Crippen molar-refractivity contribution in [3.8, 4) is 17.1 Å². The summed E-state index contributed by atoms with van der Waals surface area (Å²) in [5.41, 5.74) is 2.37. The number of aromatic nitrogens is 7. The average Bonchev–Trinajstić information content (AvgIpc) is 3.41. The van der Waals surface area contributed by atoms with Crippen LogP contribution in [0.5, 0.6) is 0 Å². The number of rotatable bonds is 7. The van der Waals surface area contributed by atoms with Crippen LogP contribution in [0, 0.1) is 0 Å². The Kier molecular flexibility index (Phi) is 7.22. The Hall–Kier alpha value is -4.25. The molecule has 0 fully saturated rings. The van der Waals surface area contributed by atoms with Gasteiger partial charge in [-0.1, -0.05) is 11.6 Å². The molecule has 0 aliphatic heterocycles. The first-order valence-electron chi connectivity index (χ1n) is 10.6. The Morgan fingerprint density at radius 3 is 2.33 bits per heavy atom. The summed E-state index contributed by atoms with van der Waals surface area (Å²) in [6.45, 7) is -1.91. The standard InChI is InChI=1S/C21H15ClF6N8O3/c22-11-3-1-10(2-4-11)17-33-35(19(39)34(17)8-14(37)21(26,27)28)9-15-31-18(16(29)38)36(32-15)13-7-30-6-5-12(13)20(23,24)25/h1-7,14,37H,8-9H2,(H2,29,38). The lowest BCUT2D eigenvalue weighted by Gasteiger charge is -2.15. The highest BCUT2D eigenvalue weighted by Crippen LogP contribution is 2.33. The van der Waals surface area contributed by atoms with E-state index in [0.29, 0.717) is 20.0 Å². The van der Waals surface area contributed by atoms with Gasteiger partial charge in [-0.2, -0.15) is 26.3 Å². The van der Waals surface area contributed by atoms with E-state index in [0.717, 1.165) is 12.4 Å². The van der Waals surface area contributed by atoms with Crippen LogP contribution in [0.3, 0.4) is 0 Å². The number of alkyl halides is 6. The fraction of sp³-hybridized carbons (Fsp3) is 0.238. The summed E-state index contributed by atoms with van der Waals surface area (Å²) in [7, 11) is 0. The Morgan fingerprint density at radius 2 is 1.74 bits per heavy atom. The molecule has 0 spiro atoms. The zero-order chi connectivity index (χ0) is 28.7. The van der Waals surface area contributed by atoms with Crippen molar-refractivity contribution in [3.05, 3.63) is 75.4 Å². The van der Waals surface area contributed by atoms with Crippen LogP contribution in [0.1, 0.15) is 22.0 Å². The normalized spacial score (nSPS) is 13.0. The summed E-state index contributed by atoms with van der Waals surface area (Å²) in [6, 6.07) is 6.14. The summed E-state index contributed by atoms with van der Waals surface area (Å²) in [6.07, 6.45) is -11.2. The molecular formula is C21H15ClF6N8O3. The monoisotopic (exact) mass is 576 g/mol. The van der Waals surface area contributed by atoms with Crippen LogP contribution in [0.25, 0.3) is 17.1 Å². The first-order valence-corrected chi connectivity index (χ1v) is 11.0. The lowest BCUT2D eigenvalue weighted by atomic mass is 10.2. The molecule has 39 heavy (non-hydrogen) atoms. The van der Waals surface area contributed by atoms with Gasteiger partial charge in [-0.05, 0) is 30.3 Å². The Morgan fingerprint density at radius 1 is 1.08 bits per heavy atom. The Labute approximate surface area is 218 Å². The van der Waals surface area contributed by atoms with Gasteiger partial charge in [-0.3, -0.25) is 14.3 Å². The number of hydrogen-bond donors (Lipinski definition) is 2. The summed E-state index contributed by atoms with van der Waals surface area (Å²) < 4.78 is 81.4. The van der Waals surface area contributed by atoms with Crippen molar-refractivity contribution >= 4 is 17.5 Å². The summed E-state index contributed by atoms with van der Waals surface area (Å²) in [5.74, 6) is -2.71. The van der Waals surface area contributed by atoms with Crippen molar-refractivity contribution in [1.29, 1.82) is 0 Å². The van der Waals surface area contributed by atoms with Gasteiger partial charge in [0.1, 0.15) is 6.54 Å². The first kappa shape index (κ1) is 27.8. The second-order valence-corrected chi connectivity index (χ2v) is 8.39. The zero-order valence-electron chi connectivity index (χ0n) is 19.2. The number of halogens is 7. The number of nitrogens with zero attached hydrogens (tertiary/aromatic N) is 7. The molecule has 1 amide bonds. The van der Waals surface area contributed by atoms with Crippen molar-refractivity contribution in [2.24, 2.45) is 5.73 Å². The van der Waals surface area contributed by atoms with Gasteiger partial charge in [0.25, 0.3) is 5.91 Å². The Balaban J connectivity index is 1.81. The summed E-state index contributed by atoms with van der Waals surface area (Å²) >= 11 is 5.84. The predicted octanol–water partition coefficient (Wildman–Crippen LogP) is 2.43.